The van der Waals surface area contributed by atoms with E-state index < -0.39 is 0 Å². The van der Waals surface area contributed by atoms with Crippen molar-refractivity contribution >= 4 is 24.0 Å². The lowest BCUT2D eigenvalue weighted by atomic mass is 10.1. The Morgan fingerprint density at radius 3 is 2.50 bits per heavy atom. The zero-order chi connectivity index (χ0) is 13.7. The van der Waals surface area contributed by atoms with Crippen LogP contribution in [0.1, 0.15) is 12.8 Å². The molecule has 1 fully saturated rings. The van der Waals surface area contributed by atoms with E-state index in [1.807, 2.05) is 24.3 Å². The molecule has 0 aliphatic carbocycles. The van der Waals surface area contributed by atoms with E-state index >= 15 is 0 Å². The molecule has 0 radical (unpaired) electrons. The molecule has 112 valence electrons. The highest BCUT2D eigenvalue weighted by Gasteiger charge is 2.18. The number of benzene rings is 1. The molecule has 0 atom stereocenters. The third kappa shape index (κ3) is 5.00. The summed E-state index contributed by atoms with van der Waals surface area (Å²) in [6.45, 7) is 2.23. The first-order valence-corrected chi connectivity index (χ1v) is 6.59. The number of piperidine rings is 1. The lowest BCUT2D eigenvalue weighted by molar-refractivity contribution is -0.117. The maximum absolute atomic E-state index is 11.9. The highest BCUT2D eigenvalue weighted by atomic mass is 35.5. The third-order valence-corrected chi connectivity index (χ3v) is 3.37. The molecule has 1 saturated heterocycles. The number of anilines is 1. The van der Waals surface area contributed by atoms with Gasteiger partial charge in [0.15, 0.2) is 0 Å². The van der Waals surface area contributed by atoms with Crippen LogP contribution in [0.5, 0.6) is 5.75 Å². The Balaban J connectivity index is 0.00000200. The van der Waals surface area contributed by atoms with Gasteiger partial charge in [-0.1, -0.05) is 0 Å². The summed E-state index contributed by atoms with van der Waals surface area (Å²) in [7, 11) is 1.62. The summed E-state index contributed by atoms with van der Waals surface area (Å²) in [5, 5.41) is 2.88. The van der Waals surface area contributed by atoms with E-state index in [1.165, 1.54) is 0 Å². The van der Waals surface area contributed by atoms with E-state index in [0.717, 1.165) is 37.4 Å². The summed E-state index contributed by atoms with van der Waals surface area (Å²) in [6.07, 6.45) is 1.94. The number of nitrogens with two attached hydrogens (primary N) is 1. The van der Waals surface area contributed by atoms with Gasteiger partial charge in [0.25, 0.3) is 0 Å². The number of carbonyl (C=O) groups excluding carboxylic acids is 1. The minimum atomic E-state index is 0. The fourth-order valence-corrected chi connectivity index (χ4v) is 2.19. The molecule has 6 heteroatoms. The number of carbonyl (C=O) groups is 1. The molecule has 0 bridgehead atoms. The number of amides is 1. The Morgan fingerprint density at radius 1 is 1.35 bits per heavy atom. The molecule has 1 aromatic rings. The predicted octanol–water partition coefficient (Wildman–Crippen LogP) is 1.48. The largest absolute Gasteiger partial charge is 0.497 e. The first-order valence-electron chi connectivity index (χ1n) is 6.59. The number of hydrogen-bond donors (Lipinski definition) is 2. The number of rotatable bonds is 4. The third-order valence-electron chi connectivity index (χ3n) is 3.37. The highest BCUT2D eigenvalue weighted by Crippen LogP contribution is 2.15. The SMILES string of the molecule is COc1ccc(NC(=O)CN2CCC(N)CC2)cc1.Cl. The summed E-state index contributed by atoms with van der Waals surface area (Å²) >= 11 is 0. The number of ether oxygens (including phenoxy) is 1. The molecule has 1 amide bonds. The summed E-state index contributed by atoms with van der Waals surface area (Å²) in [6, 6.07) is 7.62. The Morgan fingerprint density at radius 2 is 1.95 bits per heavy atom. The first kappa shape index (κ1) is 16.8. The Labute approximate surface area is 125 Å². The molecule has 2 rings (SSSR count). The normalized spacial score (nSPS) is 16.3. The standard InChI is InChI=1S/C14H21N3O2.ClH/c1-19-13-4-2-12(3-5-13)16-14(18)10-17-8-6-11(15)7-9-17;/h2-5,11H,6-10,15H2,1H3,(H,16,18);1H. The Hall–Kier alpha value is -1.30. The molecular weight excluding hydrogens is 278 g/mol. The maximum atomic E-state index is 11.9. The van der Waals surface area contributed by atoms with Gasteiger partial charge in [-0.15, -0.1) is 12.4 Å². The average molecular weight is 300 g/mol. The van der Waals surface area contributed by atoms with Crippen molar-refractivity contribution in [2.75, 3.05) is 32.1 Å². The monoisotopic (exact) mass is 299 g/mol. The van der Waals surface area contributed by atoms with Gasteiger partial charge in [0.05, 0.1) is 13.7 Å². The van der Waals surface area contributed by atoms with Crippen molar-refractivity contribution in [3.63, 3.8) is 0 Å². The van der Waals surface area contributed by atoms with Crippen LogP contribution in [0.3, 0.4) is 0 Å². The molecule has 5 nitrogen and oxygen atoms in total. The van der Waals surface area contributed by atoms with Crippen molar-refractivity contribution in [3.8, 4) is 5.75 Å². The first-order chi connectivity index (χ1) is 9.17. The zero-order valence-electron chi connectivity index (χ0n) is 11.7. The van der Waals surface area contributed by atoms with Crippen molar-refractivity contribution in [1.29, 1.82) is 0 Å². The van der Waals surface area contributed by atoms with E-state index in [1.54, 1.807) is 7.11 Å². The fourth-order valence-electron chi connectivity index (χ4n) is 2.19. The van der Waals surface area contributed by atoms with Gasteiger partial charge in [0, 0.05) is 24.8 Å². The molecule has 0 unspecified atom stereocenters. The quantitative estimate of drug-likeness (QED) is 0.884. The van der Waals surface area contributed by atoms with Gasteiger partial charge in [0.1, 0.15) is 5.75 Å². The van der Waals surface area contributed by atoms with Crippen molar-refractivity contribution in [2.24, 2.45) is 5.73 Å². The lowest BCUT2D eigenvalue weighted by Crippen LogP contribution is -2.43. The van der Waals surface area contributed by atoms with E-state index in [9.17, 15) is 4.79 Å². The summed E-state index contributed by atoms with van der Waals surface area (Å²) < 4.78 is 5.07. The van der Waals surface area contributed by atoms with Crippen molar-refractivity contribution < 1.29 is 9.53 Å². The number of halogens is 1. The molecule has 1 aliphatic heterocycles. The van der Waals surface area contributed by atoms with Gasteiger partial charge in [-0.25, -0.2) is 0 Å². The maximum Gasteiger partial charge on any atom is 0.238 e. The summed E-state index contributed by atoms with van der Waals surface area (Å²) in [5.41, 5.74) is 6.63. The van der Waals surface area contributed by atoms with Gasteiger partial charge < -0.3 is 15.8 Å². The fraction of sp³-hybridized carbons (Fsp3) is 0.500. The molecule has 1 heterocycles. The molecule has 1 aliphatic rings. The number of likely N-dealkylation sites (tertiary alicyclic amines) is 1. The molecule has 0 aromatic heterocycles. The van der Waals surface area contributed by atoms with Crippen molar-refractivity contribution in [1.82, 2.24) is 4.90 Å². The van der Waals surface area contributed by atoms with Crippen LogP contribution in [-0.2, 0) is 4.79 Å². The predicted molar refractivity (Wildman–Crippen MR) is 82.5 cm³/mol. The molecule has 3 N–H and O–H groups in total. The van der Waals surface area contributed by atoms with Gasteiger partial charge in [-0.05, 0) is 37.1 Å². The zero-order valence-corrected chi connectivity index (χ0v) is 12.5. The van der Waals surface area contributed by atoms with E-state index in [-0.39, 0.29) is 18.3 Å². The molecule has 0 saturated carbocycles. The topological polar surface area (TPSA) is 67.6 Å². The number of hydrogen-bond acceptors (Lipinski definition) is 4. The Kier molecular flexibility index (Phi) is 6.78. The molecule has 20 heavy (non-hydrogen) atoms. The van der Waals surface area contributed by atoms with Crippen LogP contribution in [0.15, 0.2) is 24.3 Å². The van der Waals surface area contributed by atoms with Crippen LogP contribution in [0, 0.1) is 0 Å². The van der Waals surface area contributed by atoms with Crippen LogP contribution < -0.4 is 15.8 Å². The van der Waals surface area contributed by atoms with Crippen molar-refractivity contribution in [2.45, 2.75) is 18.9 Å². The van der Waals surface area contributed by atoms with Crippen LogP contribution in [0.4, 0.5) is 5.69 Å². The number of methoxy groups -OCH3 is 1. The van der Waals surface area contributed by atoms with Gasteiger partial charge in [-0.3, -0.25) is 9.69 Å². The Bertz CT molecular complexity index is 417. The van der Waals surface area contributed by atoms with Gasteiger partial charge in [-0.2, -0.15) is 0 Å². The second-order valence-corrected chi connectivity index (χ2v) is 4.89. The minimum Gasteiger partial charge on any atom is -0.497 e. The van der Waals surface area contributed by atoms with Crippen LogP contribution in [-0.4, -0.2) is 43.6 Å². The summed E-state index contributed by atoms with van der Waals surface area (Å²) in [5.74, 6) is 0.795. The van der Waals surface area contributed by atoms with E-state index in [4.69, 9.17) is 10.5 Å². The second kappa shape index (κ2) is 8.09. The lowest BCUT2D eigenvalue weighted by Gasteiger charge is -2.29. The van der Waals surface area contributed by atoms with Crippen molar-refractivity contribution in [3.05, 3.63) is 24.3 Å². The molecular formula is C14H22ClN3O2. The summed E-state index contributed by atoms with van der Waals surface area (Å²) in [4.78, 5) is 14.0. The second-order valence-electron chi connectivity index (χ2n) is 4.89. The molecule has 1 aromatic carbocycles. The van der Waals surface area contributed by atoms with Gasteiger partial charge >= 0.3 is 0 Å². The number of nitrogens with one attached hydrogen (secondary N) is 1. The van der Waals surface area contributed by atoms with Crippen LogP contribution in [0.25, 0.3) is 0 Å². The van der Waals surface area contributed by atoms with E-state index in [0.29, 0.717) is 12.6 Å². The average Bonchev–Trinajstić information content (AvgIpc) is 2.42. The van der Waals surface area contributed by atoms with Crippen LogP contribution >= 0.6 is 12.4 Å². The van der Waals surface area contributed by atoms with Gasteiger partial charge in [0.2, 0.25) is 5.91 Å². The number of nitrogens with zero attached hydrogens (tertiary/aromatic N) is 1. The smallest absolute Gasteiger partial charge is 0.238 e. The molecule has 0 spiro atoms. The highest BCUT2D eigenvalue weighted by molar-refractivity contribution is 5.92. The van der Waals surface area contributed by atoms with Crippen LogP contribution in [0.2, 0.25) is 0 Å². The minimum absolute atomic E-state index is 0. The van der Waals surface area contributed by atoms with E-state index in [2.05, 4.69) is 10.2 Å².